The second-order valence-electron chi connectivity index (χ2n) is 2.99. The SMILES string of the molecule is Oc1cc(C(F)(F)F)c(CCl)nc1OC(F)(F)F. The lowest BCUT2D eigenvalue weighted by Crippen LogP contribution is -2.19. The minimum atomic E-state index is -5.19. The molecule has 0 atom stereocenters. The fourth-order valence-corrected chi connectivity index (χ4v) is 1.26. The van der Waals surface area contributed by atoms with Gasteiger partial charge in [-0.1, -0.05) is 0 Å². The molecule has 1 aromatic heterocycles. The maximum Gasteiger partial charge on any atom is 0.574 e. The van der Waals surface area contributed by atoms with Crippen LogP contribution in [0.2, 0.25) is 0 Å². The number of halogens is 7. The molecule has 18 heavy (non-hydrogen) atoms. The molecule has 0 saturated heterocycles. The third-order valence-electron chi connectivity index (χ3n) is 1.69. The van der Waals surface area contributed by atoms with E-state index in [1.807, 2.05) is 0 Å². The number of pyridine rings is 1. The molecule has 1 aromatic rings. The lowest BCUT2D eigenvalue weighted by Gasteiger charge is -2.14. The predicted octanol–water partition coefficient (Wildman–Crippen LogP) is 3.44. The van der Waals surface area contributed by atoms with E-state index in [1.165, 1.54) is 0 Å². The average Bonchev–Trinajstić information content (AvgIpc) is 2.17. The minimum Gasteiger partial charge on any atom is -0.503 e. The number of hydrogen-bond donors (Lipinski definition) is 1. The van der Waals surface area contributed by atoms with Crippen LogP contribution in [0.15, 0.2) is 6.07 Å². The molecule has 0 aliphatic carbocycles. The first-order valence-electron chi connectivity index (χ1n) is 4.16. The fraction of sp³-hybridized carbons (Fsp3) is 0.375. The van der Waals surface area contributed by atoms with Gasteiger partial charge in [0.15, 0.2) is 5.75 Å². The van der Waals surface area contributed by atoms with E-state index in [0.717, 1.165) is 0 Å². The van der Waals surface area contributed by atoms with Crippen molar-refractivity contribution in [1.82, 2.24) is 4.98 Å². The monoisotopic (exact) mass is 295 g/mol. The molecule has 1 heterocycles. The van der Waals surface area contributed by atoms with Gasteiger partial charge in [-0.25, -0.2) is 4.98 Å². The van der Waals surface area contributed by atoms with E-state index >= 15 is 0 Å². The van der Waals surface area contributed by atoms with Crippen LogP contribution in [0.4, 0.5) is 26.3 Å². The molecule has 0 unspecified atom stereocenters. The average molecular weight is 296 g/mol. The Bertz CT molecular complexity index is 444. The van der Waals surface area contributed by atoms with Gasteiger partial charge in [0, 0.05) is 0 Å². The fourth-order valence-electron chi connectivity index (χ4n) is 1.05. The van der Waals surface area contributed by atoms with E-state index in [9.17, 15) is 26.3 Å². The summed E-state index contributed by atoms with van der Waals surface area (Å²) in [5, 5.41) is 9.01. The second kappa shape index (κ2) is 4.71. The molecule has 0 aliphatic rings. The summed E-state index contributed by atoms with van der Waals surface area (Å²) in [5.41, 5.74) is -2.30. The molecule has 1 rings (SSSR count). The Morgan fingerprint density at radius 2 is 1.78 bits per heavy atom. The lowest BCUT2D eigenvalue weighted by molar-refractivity contribution is -0.276. The standard InChI is InChI=1S/C8H4ClF6NO2/c9-2-4-3(7(10,11)12)1-5(17)6(16-4)18-8(13,14)15/h1,17H,2H2. The van der Waals surface area contributed by atoms with Crippen molar-refractivity contribution in [3.63, 3.8) is 0 Å². The number of nitrogens with zero attached hydrogens (tertiary/aromatic N) is 1. The summed E-state index contributed by atoms with van der Waals surface area (Å²) in [6.45, 7) is 0. The van der Waals surface area contributed by atoms with Crippen molar-refractivity contribution in [2.75, 3.05) is 0 Å². The van der Waals surface area contributed by atoms with Crippen molar-refractivity contribution in [3.05, 3.63) is 17.3 Å². The number of aromatic nitrogens is 1. The first-order valence-corrected chi connectivity index (χ1v) is 4.70. The van der Waals surface area contributed by atoms with Crippen molar-refractivity contribution >= 4 is 11.6 Å². The van der Waals surface area contributed by atoms with Gasteiger partial charge in [0.05, 0.1) is 17.1 Å². The van der Waals surface area contributed by atoms with Gasteiger partial charge in [-0.2, -0.15) is 13.2 Å². The predicted molar refractivity (Wildman–Crippen MR) is 47.1 cm³/mol. The highest BCUT2D eigenvalue weighted by Crippen LogP contribution is 2.38. The summed E-state index contributed by atoms with van der Waals surface area (Å²) in [7, 11) is 0. The van der Waals surface area contributed by atoms with Gasteiger partial charge >= 0.3 is 12.5 Å². The molecule has 0 aliphatic heterocycles. The van der Waals surface area contributed by atoms with E-state index in [0.29, 0.717) is 0 Å². The highest BCUT2D eigenvalue weighted by molar-refractivity contribution is 6.17. The molecule has 0 radical (unpaired) electrons. The third kappa shape index (κ3) is 3.56. The summed E-state index contributed by atoms with van der Waals surface area (Å²) < 4.78 is 76.1. The summed E-state index contributed by atoms with van der Waals surface area (Å²) in [5.74, 6) is -3.55. The van der Waals surface area contributed by atoms with Crippen molar-refractivity contribution in [3.8, 4) is 11.6 Å². The smallest absolute Gasteiger partial charge is 0.503 e. The molecule has 102 valence electrons. The molecule has 0 bridgehead atoms. The Balaban J connectivity index is 3.27. The maximum absolute atomic E-state index is 12.4. The van der Waals surface area contributed by atoms with Crippen molar-refractivity contribution in [1.29, 1.82) is 0 Å². The maximum atomic E-state index is 12.4. The van der Waals surface area contributed by atoms with E-state index < -0.39 is 41.3 Å². The largest absolute Gasteiger partial charge is 0.574 e. The topological polar surface area (TPSA) is 42.4 Å². The molecule has 0 spiro atoms. The summed E-state index contributed by atoms with van der Waals surface area (Å²) in [6, 6.07) is 0.0752. The van der Waals surface area contributed by atoms with Crippen LogP contribution in [0.25, 0.3) is 0 Å². The Morgan fingerprint density at radius 3 is 2.17 bits per heavy atom. The highest BCUT2D eigenvalue weighted by Gasteiger charge is 2.38. The molecule has 0 fully saturated rings. The van der Waals surface area contributed by atoms with Crippen molar-refractivity contribution in [2.24, 2.45) is 0 Å². The molecule has 1 N–H and O–H groups in total. The quantitative estimate of drug-likeness (QED) is 0.671. The Morgan fingerprint density at radius 1 is 1.22 bits per heavy atom. The van der Waals surface area contributed by atoms with Gasteiger partial charge in [0.1, 0.15) is 0 Å². The third-order valence-corrected chi connectivity index (χ3v) is 1.95. The summed E-state index contributed by atoms with van der Waals surface area (Å²) >= 11 is 5.15. The van der Waals surface area contributed by atoms with Crippen molar-refractivity contribution in [2.45, 2.75) is 18.4 Å². The number of hydrogen-bond acceptors (Lipinski definition) is 3. The van der Waals surface area contributed by atoms with E-state index in [-0.39, 0.29) is 6.07 Å². The van der Waals surface area contributed by atoms with Crippen LogP contribution < -0.4 is 4.74 Å². The van der Waals surface area contributed by atoms with Gasteiger partial charge in [0.2, 0.25) is 0 Å². The molecule has 0 aromatic carbocycles. The first kappa shape index (κ1) is 14.7. The molecular formula is C8H4ClF6NO2. The molecule has 3 nitrogen and oxygen atoms in total. The minimum absolute atomic E-state index is 0.0752. The van der Waals surface area contributed by atoms with Gasteiger partial charge in [-0.05, 0) is 6.07 Å². The summed E-state index contributed by atoms with van der Waals surface area (Å²) in [4.78, 5) is 2.90. The molecule has 10 heteroatoms. The zero-order chi connectivity index (χ0) is 14.1. The normalized spacial score (nSPS) is 12.6. The Labute approximate surface area is 101 Å². The van der Waals surface area contributed by atoms with Crippen LogP contribution in [0.5, 0.6) is 11.6 Å². The van der Waals surface area contributed by atoms with E-state index in [1.54, 1.807) is 0 Å². The number of alkyl halides is 7. The Kier molecular flexibility index (Phi) is 3.84. The zero-order valence-corrected chi connectivity index (χ0v) is 8.99. The zero-order valence-electron chi connectivity index (χ0n) is 8.23. The van der Waals surface area contributed by atoms with Crippen molar-refractivity contribution < 1.29 is 36.2 Å². The Hall–Kier alpha value is -1.38. The van der Waals surface area contributed by atoms with E-state index in [4.69, 9.17) is 16.7 Å². The molecule has 0 amide bonds. The molecular weight excluding hydrogens is 292 g/mol. The van der Waals surface area contributed by atoms with Gasteiger partial charge < -0.3 is 9.84 Å². The number of rotatable bonds is 2. The number of aromatic hydroxyl groups is 1. The van der Waals surface area contributed by atoms with Gasteiger partial charge in [-0.15, -0.1) is 24.8 Å². The highest BCUT2D eigenvalue weighted by atomic mass is 35.5. The van der Waals surface area contributed by atoms with Gasteiger partial charge in [0.25, 0.3) is 5.88 Å². The van der Waals surface area contributed by atoms with Crippen LogP contribution >= 0.6 is 11.6 Å². The van der Waals surface area contributed by atoms with E-state index in [2.05, 4.69) is 9.72 Å². The van der Waals surface area contributed by atoms with Gasteiger partial charge in [-0.3, -0.25) is 0 Å². The molecule has 0 saturated carbocycles. The van der Waals surface area contributed by atoms with Crippen LogP contribution in [0, 0.1) is 0 Å². The second-order valence-corrected chi connectivity index (χ2v) is 3.25. The van der Waals surface area contributed by atoms with Crippen LogP contribution in [0.1, 0.15) is 11.3 Å². The first-order chi connectivity index (χ1) is 8.04. The number of ether oxygens (including phenoxy) is 1. The van der Waals surface area contributed by atoms with Crippen LogP contribution in [0.3, 0.4) is 0 Å². The lowest BCUT2D eigenvalue weighted by atomic mass is 10.2. The summed E-state index contributed by atoms with van der Waals surface area (Å²) in [6.07, 6.45) is -10.1. The van der Waals surface area contributed by atoms with Crippen LogP contribution in [-0.2, 0) is 12.1 Å². The van der Waals surface area contributed by atoms with Crippen LogP contribution in [-0.4, -0.2) is 16.5 Å².